The molecule has 4 rings (SSSR count). The Bertz CT molecular complexity index is 843. The number of nitrogens with zero attached hydrogens (tertiary/aromatic N) is 4. The number of piperazine rings is 1. The largest absolute Gasteiger partial charge is 0.433 e. The highest BCUT2D eigenvalue weighted by atomic mass is 19.4. The molecule has 2 aromatic rings. The number of pyridine rings is 2. The van der Waals surface area contributed by atoms with Crippen LogP contribution < -0.4 is 15.1 Å². The minimum absolute atomic E-state index is 0.0162. The first-order chi connectivity index (χ1) is 13.4. The predicted molar refractivity (Wildman–Crippen MR) is 99.3 cm³/mol. The van der Waals surface area contributed by atoms with Gasteiger partial charge in [0, 0.05) is 32.1 Å². The first kappa shape index (κ1) is 18.5. The molecule has 1 N–H and O–H groups in total. The Kier molecular flexibility index (Phi) is 4.82. The van der Waals surface area contributed by atoms with Gasteiger partial charge in [0.2, 0.25) is 5.91 Å². The summed E-state index contributed by atoms with van der Waals surface area (Å²) in [6, 6.07) is 7.64. The lowest BCUT2D eigenvalue weighted by Gasteiger charge is -2.36. The average molecular weight is 391 g/mol. The monoisotopic (exact) mass is 391 g/mol. The molecule has 0 spiro atoms. The van der Waals surface area contributed by atoms with Crippen molar-refractivity contribution in [1.29, 1.82) is 0 Å². The molecule has 0 bridgehead atoms. The molecule has 6 nitrogen and oxygen atoms in total. The number of nitrogens with one attached hydrogen (secondary N) is 1. The maximum absolute atomic E-state index is 12.9. The fourth-order valence-electron chi connectivity index (χ4n) is 3.17. The van der Waals surface area contributed by atoms with Crippen molar-refractivity contribution in [3.63, 3.8) is 0 Å². The van der Waals surface area contributed by atoms with Crippen LogP contribution in [0.25, 0.3) is 0 Å². The fourth-order valence-corrected chi connectivity index (χ4v) is 3.17. The SMILES string of the molecule is O=C(Nc1ccc(N2CCN(c3cccc(C(F)(F)F)n3)CC2)cn1)C1CC1. The van der Waals surface area contributed by atoms with Crippen molar-refractivity contribution in [2.75, 3.05) is 41.3 Å². The number of amides is 1. The molecule has 1 saturated carbocycles. The molecule has 9 heteroatoms. The number of carbonyl (C=O) groups is 1. The maximum atomic E-state index is 12.9. The zero-order valence-corrected chi connectivity index (χ0v) is 15.1. The summed E-state index contributed by atoms with van der Waals surface area (Å²) in [5, 5.41) is 2.80. The van der Waals surface area contributed by atoms with Gasteiger partial charge < -0.3 is 15.1 Å². The third kappa shape index (κ3) is 4.18. The van der Waals surface area contributed by atoms with Gasteiger partial charge in [-0.2, -0.15) is 13.2 Å². The normalized spacial score (nSPS) is 17.5. The Labute approximate surface area is 160 Å². The molecule has 1 amide bonds. The Balaban J connectivity index is 1.35. The lowest BCUT2D eigenvalue weighted by atomic mass is 10.2. The van der Waals surface area contributed by atoms with Crippen LogP contribution in [0.5, 0.6) is 0 Å². The number of hydrogen-bond donors (Lipinski definition) is 1. The van der Waals surface area contributed by atoms with Crippen molar-refractivity contribution in [2.45, 2.75) is 19.0 Å². The Morgan fingerprint density at radius 1 is 1.04 bits per heavy atom. The van der Waals surface area contributed by atoms with Gasteiger partial charge in [-0.15, -0.1) is 0 Å². The number of hydrogen-bond acceptors (Lipinski definition) is 5. The summed E-state index contributed by atoms with van der Waals surface area (Å²) in [6.07, 6.45) is -0.856. The highest BCUT2D eigenvalue weighted by molar-refractivity contribution is 5.93. The molecule has 0 radical (unpaired) electrons. The van der Waals surface area contributed by atoms with Crippen LogP contribution in [0.1, 0.15) is 18.5 Å². The van der Waals surface area contributed by atoms with Gasteiger partial charge in [0.25, 0.3) is 0 Å². The van der Waals surface area contributed by atoms with Crippen LogP contribution in [0.15, 0.2) is 36.5 Å². The number of rotatable bonds is 4. The number of halogens is 3. The minimum Gasteiger partial charge on any atom is -0.367 e. The molecular weight excluding hydrogens is 371 g/mol. The molecule has 1 aliphatic heterocycles. The van der Waals surface area contributed by atoms with Crippen molar-refractivity contribution < 1.29 is 18.0 Å². The van der Waals surface area contributed by atoms with Crippen LogP contribution in [0.2, 0.25) is 0 Å². The summed E-state index contributed by atoms with van der Waals surface area (Å²) in [5.74, 6) is 1.01. The molecule has 3 heterocycles. The summed E-state index contributed by atoms with van der Waals surface area (Å²) in [4.78, 5) is 23.8. The van der Waals surface area contributed by atoms with Gasteiger partial charge in [-0.05, 0) is 37.1 Å². The smallest absolute Gasteiger partial charge is 0.367 e. The third-order valence-electron chi connectivity index (χ3n) is 4.94. The Morgan fingerprint density at radius 2 is 1.75 bits per heavy atom. The third-order valence-corrected chi connectivity index (χ3v) is 4.94. The van der Waals surface area contributed by atoms with Crippen molar-refractivity contribution in [1.82, 2.24) is 9.97 Å². The second-order valence-corrected chi connectivity index (χ2v) is 7.02. The molecule has 2 aliphatic rings. The topological polar surface area (TPSA) is 61.4 Å². The molecule has 2 fully saturated rings. The van der Waals surface area contributed by atoms with Crippen molar-refractivity contribution in [3.8, 4) is 0 Å². The van der Waals surface area contributed by atoms with Crippen molar-refractivity contribution in [3.05, 3.63) is 42.2 Å². The molecular formula is C19H20F3N5O. The molecule has 0 aromatic carbocycles. The van der Waals surface area contributed by atoms with E-state index in [1.54, 1.807) is 18.3 Å². The zero-order chi connectivity index (χ0) is 19.7. The molecule has 1 saturated heterocycles. The van der Waals surface area contributed by atoms with Gasteiger partial charge in [0.05, 0.1) is 11.9 Å². The standard InChI is InChI=1S/C19H20F3N5O/c20-19(21,22)15-2-1-3-17(24-15)27-10-8-26(9-11-27)14-6-7-16(23-12-14)25-18(28)13-4-5-13/h1-3,6-7,12-13H,4-5,8-11H2,(H,23,25,28). The van der Waals surface area contributed by atoms with Gasteiger partial charge >= 0.3 is 6.18 Å². The van der Waals surface area contributed by atoms with E-state index in [-0.39, 0.29) is 11.8 Å². The van der Waals surface area contributed by atoms with Gasteiger partial charge in [-0.3, -0.25) is 4.79 Å². The molecule has 148 valence electrons. The summed E-state index contributed by atoms with van der Waals surface area (Å²) < 4.78 is 38.6. The van der Waals surface area contributed by atoms with E-state index >= 15 is 0 Å². The predicted octanol–water partition coefficient (Wildman–Crippen LogP) is 3.17. The summed E-state index contributed by atoms with van der Waals surface area (Å²) in [5.41, 5.74) is 0.0431. The van der Waals surface area contributed by atoms with Gasteiger partial charge in [0.1, 0.15) is 17.3 Å². The number of anilines is 3. The fraction of sp³-hybridized carbons (Fsp3) is 0.421. The molecule has 1 aliphatic carbocycles. The van der Waals surface area contributed by atoms with Crippen molar-refractivity contribution >= 4 is 23.2 Å². The molecule has 28 heavy (non-hydrogen) atoms. The Hall–Kier alpha value is -2.84. The van der Waals surface area contributed by atoms with E-state index in [9.17, 15) is 18.0 Å². The molecule has 2 aromatic heterocycles. The second kappa shape index (κ2) is 7.29. The van der Waals surface area contributed by atoms with Crippen LogP contribution in [0, 0.1) is 5.92 Å². The van der Waals surface area contributed by atoms with Gasteiger partial charge in [-0.25, -0.2) is 9.97 Å². The van der Waals surface area contributed by atoms with E-state index in [1.807, 2.05) is 11.0 Å². The summed E-state index contributed by atoms with van der Waals surface area (Å²) in [6.45, 7) is 2.42. The maximum Gasteiger partial charge on any atom is 0.433 e. The highest BCUT2D eigenvalue weighted by Crippen LogP contribution is 2.31. The van der Waals surface area contributed by atoms with Gasteiger partial charge in [-0.1, -0.05) is 6.07 Å². The Morgan fingerprint density at radius 3 is 2.36 bits per heavy atom. The van der Waals surface area contributed by atoms with E-state index in [0.717, 1.165) is 24.6 Å². The first-order valence-electron chi connectivity index (χ1n) is 9.21. The average Bonchev–Trinajstić information content (AvgIpc) is 3.54. The minimum atomic E-state index is -4.44. The van der Waals surface area contributed by atoms with E-state index in [0.29, 0.717) is 37.8 Å². The van der Waals surface area contributed by atoms with Crippen LogP contribution in [0.4, 0.5) is 30.5 Å². The van der Waals surface area contributed by atoms with Crippen LogP contribution in [-0.4, -0.2) is 42.1 Å². The van der Waals surface area contributed by atoms with E-state index in [1.165, 1.54) is 6.07 Å². The number of alkyl halides is 3. The molecule has 0 unspecified atom stereocenters. The lowest BCUT2D eigenvalue weighted by molar-refractivity contribution is -0.141. The first-order valence-corrected chi connectivity index (χ1v) is 9.21. The van der Waals surface area contributed by atoms with Crippen LogP contribution in [-0.2, 0) is 11.0 Å². The summed E-state index contributed by atoms with van der Waals surface area (Å²) in [7, 11) is 0. The van der Waals surface area contributed by atoms with Gasteiger partial charge in [0.15, 0.2) is 0 Å². The zero-order valence-electron chi connectivity index (χ0n) is 15.1. The lowest BCUT2D eigenvalue weighted by Crippen LogP contribution is -2.47. The number of aromatic nitrogens is 2. The quantitative estimate of drug-likeness (QED) is 0.868. The summed E-state index contributed by atoms with van der Waals surface area (Å²) >= 11 is 0. The van der Waals surface area contributed by atoms with Crippen molar-refractivity contribution in [2.24, 2.45) is 5.92 Å². The van der Waals surface area contributed by atoms with E-state index in [2.05, 4.69) is 20.2 Å². The second-order valence-electron chi connectivity index (χ2n) is 7.02. The number of carbonyl (C=O) groups excluding carboxylic acids is 1. The van der Waals surface area contributed by atoms with E-state index < -0.39 is 11.9 Å². The highest BCUT2D eigenvalue weighted by Gasteiger charge is 2.33. The molecule has 0 atom stereocenters. The van der Waals surface area contributed by atoms with Crippen LogP contribution in [0.3, 0.4) is 0 Å². The van der Waals surface area contributed by atoms with E-state index in [4.69, 9.17) is 0 Å². The van der Waals surface area contributed by atoms with Crippen LogP contribution >= 0.6 is 0 Å².